The lowest BCUT2D eigenvalue weighted by Crippen LogP contribution is -2.46. The topological polar surface area (TPSA) is 24.5 Å². The zero-order chi connectivity index (χ0) is 17.5. The van der Waals surface area contributed by atoms with Gasteiger partial charge in [0.25, 0.3) is 0 Å². The molecule has 2 aromatic rings. The van der Waals surface area contributed by atoms with Gasteiger partial charge >= 0.3 is 0 Å². The van der Waals surface area contributed by atoms with Crippen molar-refractivity contribution in [3.63, 3.8) is 0 Å². The number of hydrogen-bond donors (Lipinski definition) is 1. The number of nitrogens with one attached hydrogen (secondary N) is 1. The van der Waals surface area contributed by atoms with E-state index in [-0.39, 0.29) is 0 Å². The summed E-state index contributed by atoms with van der Waals surface area (Å²) >= 11 is 0. The van der Waals surface area contributed by atoms with E-state index in [4.69, 9.17) is 4.74 Å². The molecule has 3 rings (SSSR count). The van der Waals surface area contributed by atoms with E-state index in [9.17, 15) is 0 Å². The minimum Gasteiger partial charge on any atom is -0.494 e. The molecule has 3 nitrogen and oxygen atoms in total. The molecule has 0 saturated carbocycles. The lowest BCUT2D eigenvalue weighted by atomic mass is 10.0. The van der Waals surface area contributed by atoms with Crippen molar-refractivity contribution in [2.75, 3.05) is 19.7 Å². The van der Waals surface area contributed by atoms with Gasteiger partial charge in [0.15, 0.2) is 0 Å². The van der Waals surface area contributed by atoms with E-state index in [1.807, 2.05) is 6.92 Å². The summed E-state index contributed by atoms with van der Waals surface area (Å²) in [5.41, 5.74) is 2.73. The first-order valence-corrected chi connectivity index (χ1v) is 9.49. The molecule has 1 aliphatic rings. The number of likely N-dealkylation sites (tertiary alicyclic amines) is 1. The van der Waals surface area contributed by atoms with Crippen molar-refractivity contribution in [1.82, 2.24) is 10.2 Å². The summed E-state index contributed by atoms with van der Waals surface area (Å²) < 4.78 is 5.53. The maximum Gasteiger partial charge on any atom is 0.119 e. The number of piperidine rings is 1. The minimum absolute atomic E-state index is 0.359. The fraction of sp³-hybridized carbons (Fsp3) is 0.455. The second kappa shape index (κ2) is 9.02. The first-order valence-electron chi connectivity index (χ1n) is 9.49. The van der Waals surface area contributed by atoms with E-state index in [1.165, 1.54) is 30.5 Å². The van der Waals surface area contributed by atoms with Crippen LogP contribution in [0.15, 0.2) is 54.6 Å². The molecule has 1 N–H and O–H groups in total. The van der Waals surface area contributed by atoms with Gasteiger partial charge in [-0.25, -0.2) is 0 Å². The van der Waals surface area contributed by atoms with Gasteiger partial charge in [0, 0.05) is 25.2 Å². The quantitative estimate of drug-likeness (QED) is 0.810. The smallest absolute Gasteiger partial charge is 0.119 e. The predicted molar refractivity (Wildman–Crippen MR) is 104 cm³/mol. The Hall–Kier alpha value is -1.84. The van der Waals surface area contributed by atoms with E-state index < -0.39 is 0 Å². The van der Waals surface area contributed by atoms with E-state index in [0.29, 0.717) is 18.7 Å². The molecular formula is C22H30N2O. The summed E-state index contributed by atoms with van der Waals surface area (Å²) in [6.45, 7) is 8.36. The molecular weight excluding hydrogens is 308 g/mol. The van der Waals surface area contributed by atoms with Crippen molar-refractivity contribution >= 4 is 0 Å². The molecule has 1 aliphatic heterocycles. The zero-order valence-electron chi connectivity index (χ0n) is 15.4. The number of benzene rings is 2. The van der Waals surface area contributed by atoms with Crippen molar-refractivity contribution in [3.8, 4) is 5.75 Å². The maximum atomic E-state index is 5.53. The van der Waals surface area contributed by atoms with Crippen LogP contribution in [0.3, 0.4) is 0 Å². The maximum absolute atomic E-state index is 5.53. The van der Waals surface area contributed by atoms with Crippen LogP contribution in [0.5, 0.6) is 5.75 Å². The predicted octanol–water partition coefficient (Wildman–Crippen LogP) is 4.40. The highest BCUT2D eigenvalue weighted by Gasteiger charge is 2.21. The SMILES string of the molecule is CCOc1ccc(C(C)NC2CCCN(Cc3ccccc3)C2)cc1. The van der Waals surface area contributed by atoms with Gasteiger partial charge in [-0.15, -0.1) is 0 Å². The fourth-order valence-electron chi connectivity index (χ4n) is 3.65. The Labute approximate surface area is 152 Å². The number of nitrogens with zero attached hydrogens (tertiary/aromatic N) is 1. The molecule has 0 bridgehead atoms. The molecule has 2 aromatic carbocycles. The molecule has 1 heterocycles. The lowest BCUT2D eigenvalue weighted by Gasteiger charge is -2.35. The average molecular weight is 338 g/mol. The highest BCUT2D eigenvalue weighted by atomic mass is 16.5. The van der Waals surface area contributed by atoms with Crippen LogP contribution in [-0.4, -0.2) is 30.6 Å². The van der Waals surface area contributed by atoms with Crippen molar-refractivity contribution in [1.29, 1.82) is 0 Å². The molecule has 0 aromatic heterocycles. The summed E-state index contributed by atoms with van der Waals surface area (Å²) in [6, 6.07) is 20.2. The number of ether oxygens (including phenoxy) is 1. The van der Waals surface area contributed by atoms with E-state index in [1.54, 1.807) is 0 Å². The lowest BCUT2D eigenvalue weighted by molar-refractivity contribution is 0.177. The summed E-state index contributed by atoms with van der Waals surface area (Å²) in [5, 5.41) is 3.82. The molecule has 1 fully saturated rings. The van der Waals surface area contributed by atoms with Crippen LogP contribution in [0.25, 0.3) is 0 Å². The Kier molecular flexibility index (Phi) is 6.48. The zero-order valence-corrected chi connectivity index (χ0v) is 15.4. The Balaban J connectivity index is 1.53. The molecule has 2 unspecified atom stereocenters. The van der Waals surface area contributed by atoms with Crippen LogP contribution in [0.1, 0.15) is 43.9 Å². The molecule has 0 amide bonds. The standard InChI is InChI=1S/C22H30N2O/c1-3-25-22-13-11-20(12-14-22)18(2)23-21-10-7-15-24(17-21)16-19-8-5-4-6-9-19/h4-6,8-9,11-14,18,21,23H,3,7,10,15-17H2,1-2H3. The number of rotatable bonds is 7. The van der Waals surface area contributed by atoms with Crippen LogP contribution >= 0.6 is 0 Å². The van der Waals surface area contributed by atoms with Crippen molar-refractivity contribution in [3.05, 3.63) is 65.7 Å². The third-order valence-corrected chi connectivity index (χ3v) is 4.93. The molecule has 0 aliphatic carbocycles. The van der Waals surface area contributed by atoms with Gasteiger partial charge in [0.1, 0.15) is 5.75 Å². The summed E-state index contributed by atoms with van der Waals surface area (Å²) in [5.74, 6) is 0.949. The fourth-order valence-corrected chi connectivity index (χ4v) is 3.65. The Morgan fingerprint density at radius 1 is 1.12 bits per heavy atom. The minimum atomic E-state index is 0.359. The van der Waals surface area contributed by atoms with E-state index >= 15 is 0 Å². The van der Waals surface area contributed by atoms with Crippen LogP contribution in [0.4, 0.5) is 0 Å². The van der Waals surface area contributed by atoms with Gasteiger partial charge in [-0.3, -0.25) is 4.90 Å². The van der Waals surface area contributed by atoms with Crippen molar-refractivity contribution in [2.24, 2.45) is 0 Å². The molecule has 1 saturated heterocycles. The third-order valence-electron chi connectivity index (χ3n) is 4.93. The summed E-state index contributed by atoms with van der Waals surface area (Å²) in [4.78, 5) is 2.57. The van der Waals surface area contributed by atoms with Gasteiger partial charge in [0.2, 0.25) is 0 Å². The highest BCUT2D eigenvalue weighted by molar-refractivity contribution is 5.29. The van der Waals surface area contributed by atoms with Gasteiger partial charge in [-0.05, 0) is 56.5 Å². The van der Waals surface area contributed by atoms with Crippen LogP contribution < -0.4 is 10.1 Å². The molecule has 3 heteroatoms. The van der Waals surface area contributed by atoms with Crippen LogP contribution in [-0.2, 0) is 6.54 Å². The van der Waals surface area contributed by atoms with Crippen molar-refractivity contribution < 1.29 is 4.74 Å². The number of hydrogen-bond acceptors (Lipinski definition) is 3. The first kappa shape index (κ1) is 18.0. The summed E-state index contributed by atoms with van der Waals surface area (Å²) in [6.07, 6.45) is 2.52. The summed E-state index contributed by atoms with van der Waals surface area (Å²) in [7, 11) is 0. The molecule has 2 atom stereocenters. The van der Waals surface area contributed by atoms with Gasteiger partial charge in [-0.1, -0.05) is 42.5 Å². The highest BCUT2D eigenvalue weighted by Crippen LogP contribution is 2.20. The van der Waals surface area contributed by atoms with Crippen molar-refractivity contribution in [2.45, 2.75) is 45.3 Å². The third kappa shape index (κ3) is 5.32. The van der Waals surface area contributed by atoms with Gasteiger partial charge in [0.05, 0.1) is 6.61 Å². The second-order valence-corrected chi connectivity index (χ2v) is 6.95. The molecule has 0 spiro atoms. The molecule has 134 valence electrons. The molecule has 25 heavy (non-hydrogen) atoms. The monoisotopic (exact) mass is 338 g/mol. The van der Waals surface area contributed by atoms with Gasteiger partial charge in [-0.2, -0.15) is 0 Å². The Bertz CT molecular complexity index is 626. The van der Waals surface area contributed by atoms with Crippen LogP contribution in [0.2, 0.25) is 0 Å². The average Bonchev–Trinajstić information content (AvgIpc) is 2.64. The Morgan fingerprint density at radius 3 is 2.60 bits per heavy atom. The van der Waals surface area contributed by atoms with Crippen LogP contribution in [0, 0.1) is 0 Å². The first-order chi connectivity index (χ1) is 12.2. The molecule has 0 radical (unpaired) electrons. The Morgan fingerprint density at radius 2 is 1.88 bits per heavy atom. The van der Waals surface area contributed by atoms with Gasteiger partial charge < -0.3 is 10.1 Å². The van der Waals surface area contributed by atoms with E-state index in [0.717, 1.165) is 18.8 Å². The van der Waals surface area contributed by atoms with E-state index in [2.05, 4.69) is 71.7 Å². The normalized spacial score (nSPS) is 19.5. The second-order valence-electron chi connectivity index (χ2n) is 6.95. The largest absolute Gasteiger partial charge is 0.494 e.